The first-order chi connectivity index (χ1) is 12.0. The number of para-hydroxylation sites is 2. The van der Waals surface area contributed by atoms with Crippen LogP contribution in [0.25, 0.3) is 33.5 Å². The van der Waals surface area contributed by atoms with Crippen LogP contribution in [-0.4, -0.2) is 9.55 Å². The van der Waals surface area contributed by atoms with Crippen LogP contribution >= 0.6 is 0 Å². The standard InChI is InChI=1S/C21H24N3O/c1-13(2)12-18-22-15-11-10-14(3)19(20(15)25-18)21-23(4)16-8-6-7-9-17(16)24(21)5/h6-11,13H,12H2,1-5H3/q+1. The Hall–Kier alpha value is -2.62. The Bertz CT molecular complexity index is 1050. The zero-order valence-electron chi connectivity index (χ0n) is 15.5. The molecule has 25 heavy (non-hydrogen) atoms. The number of nitrogens with zero attached hydrogens (tertiary/aromatic N) is 3. The first-order valence-electron chi connectivity index (χ1n) is 8.80. The molecule has 0 radical (unpaired) electrons. The first-order valence-corrected chi connectivity index (χ1v) is 8.80. The van der Waals surface area contributed by atoms with E-state index in [1.54, 1.807) is 0 Å². The highest BCUT2D eigenvalue weighted by Gasteiger charge is 2.27. The SMILES string of the molecule is Cc1ccc2nc(CC(C)C)oc2c1-c1n(C)c2ccccc2[n+]1C. The van der Waals surface area contributed by atoms with Crippen molar-refractivity contribution in [2.24, 2.45) is 20.0 Å². The summed E-state index contributed by atoms with van der Waals surface area (Å²) in [6.45, 7) is 6.51. The number of aromatic nitrogens is 3. The Balaban J connectivity index is 2.04. The van der Waals surface area contributed by atoms with E-state index < -0.39 is 0 Å². The molecule has 0 bridgehead atoms. The van der Waals surface area contributed by atoms with Gasteiger partial charge in [0.2, 0.25) is 0 Å². The Morgan fingerprint density at radius 1 is 1.16 bits per heavy atom. The monoisotopic (exact) mass is 334 g/mol. The van der Waals surface area contributed by atoms with Gasteiger partial charge in [-0.2, -0.15) is 0 Å². The van der Waals surface area contributed by atoms with Crippen molar-refractivity contribution in [1.29, 1.82) is 0 Å². The summed E-state index contributed by atoms with van der Waals surface area (Å²) in [4.78, 5) is 4.71. The Labute approximate surface area is 147 Å². The lowest BCUT2D eigenvalue weighted by molar-refractivity contribution is -0.634. The van der Waals surface area contributed by atoms with Crippen LogP contribution in [0.5, 0.6) is 0 Å². The highest BCUT2D eigenvalue weighted by atomic mass is 16.3. The maximum atomic E-state index is 6.21. The number of rotatable bonds is 3. The molecule has 4 nitrogen and oxygen atoms in total. The minimum Gasteiger partial charge on any atom is -0.440 e. The molecule has 0 aliphatic carbocycles. The van der Waals surface area contributed by atoms with Crippen LogP contribution in [0.1, 0.15) is 25.3 Å². The molecule has 0 atom stereocenters. The predicted molar refractivity (Wildman–Crippen MR) is 100 cm³/mol. The smallest absolute Gasteiger partial charge is 0.293 e. The molecule has 2 aromatic heterocycles. The number of oxazole rings is 1. The van der Waals surface area contributed by atoms with Crippen molar-refractivity contribution in [2.45, 2.75) is 27.2 Å². The summed E-state index contributed by atoms with van der Waals surface area (Å²) in [5.74, 6) is 2.47. The largest absolute Gasteiger partial charge is 0.440 e. The van der Waals surface area contributed by atoms with E-state index in [0.717, 1.165) is 34.8 Å². The van der Waals surface area contributed by atoms with Gasteiger partial charge in [0.25, 0.3) is 5.82 Å². The van der Waals surface area contributed by atoms with Crippen LogP contribution < -0.4 is 4.57 Å². The van der Waals surface area contributed by atoms with Crippen molar-refractivity contribution in [2.75, 3.05) is 0 Å². The number of imidazole rings is 1. The van der Waals surface area contributed by atoms with Gasteiger partial charge in [-0.05, 0) is 36.6 Å². The van der Waals surface area contributed by atoms with Crippen molar-refractivity contribution < 1.29 is 8.98 Å². The maximum absolute atomic E-state index is 6.21. The second-order valence-electron chi connectivity index (χ2n) is 7.24. The molecule has 0 spiro atoms. The average molecular weight is 334 g/mol. The molecular weight excluding hydrogens is 310 g/mol. The lowest BCUT2D eigenvalue weighted by Gasteiger charge is -2.04. The van der Waals surface area contributed by atoms with Crippen LogP contribution in [0.3, 0.4) is 0 Å². The third-order valence-electron chi connectivity index (χ3n) is 4.86. The number of fused-ring (bicyclic) bond motifs is 2. The minimum absolute atomic E-state index is 0.520. The molecule has 0 aliphatic heterocycles. The Morgan fingerprint density at radius 2 is 1.92 bits per heavy atom. The maximum Gasteiger partial charge on any atom is 0.293 e. The second-order valence-corrected chi connectivity index (χ2v) is 7.24. The van der Waals surface area contributed by atoms with Gasteiger partial charge in [-0.3, -0.25) is 0 Å². The lowest BCUT2D eigenvalue weighted by atomic mass is 10.1. The minimum atomic E-state index is 0.520. The molecule has 0 fully saturated rings. The molecule has 0 amide bonds. The van der Waals surface area contributed by atoms with Gasteiger partial charge in [0, 0.05) is 6.42 Å². The summed E-state index contributed by atoms with van der Waals surface area (Å²) in [5, 5.41) is 0. The molecular formula is C21H24N3O+. The highest BCUT2D eigenvalue weighted by molar-refractivity contribution is 5.91. The van der Waals surface area contributed by atoms with Crippen LogP contribution in [0, 0.1) is 12.8 Å². The molecule has 4 aromatic rings. The molecule has 128 valence electrons. The molecule has 0 N–H and O–H groups in total. The average Bonchev–Trinajstić information content (AvgIpc) is 3.08. The van der Waals surface area contributed by atoms with E-state index in [2.05, 4.69) is 80.4 Å². The zero-order valence-corrected chi connectivity index (χ0v) is 15.5. The molecule has 0 aliphatic rings. The van der Waals surface area contributed by atoms with Crippen molar-refractivity contribution in [3.63, 3.8) is 0 Å². The van der Waals surface area contributed by atoms with E-state index in [-0.39, 0.29) is 0 Å². The van der Waals surface area contributed by atoms with E-state index in [1.165, 1.54) is 16.6 Å². The Kier molecular flexibility index (Phi) is 3.64. The summed E-state index contributed by atoms with van der Waals surface area (Å²) in [6.07, 6.45) is 0.856. The van der Waals surface area contributed by atoms with Crippen molar-refractivity contribution in [3.8, 4) is 11.4 Å². The summed E-state index contributed by atoms with van der Waals surface area (Å²) in [6, 6.07) is 12.7. The van der Waals surface area contributed by atoms with E-state index in [0.29, 0.717) is 5.92 Å². The number of hydrogen-bond acceptors (Lipinski definition) is 2. The fourth-order valence-corrected chi connectivity index (χ4v) is 3.67. The normalized spacial score (nSPS) is 11.9. The third kappa shape index (κ3) is 2.44. The van der Waals surface area contributed by atoms with Crippen LogP contribution in [0.2, 0.25) is 0 Å². The van der Waals surface area contributed by atoms with Crippen molar-refractivity contribution in [3.05, 3.63) is 47.9 Å². The molecule has 0 saturated carbocycles. The lowest BCUT2D eigenvalue weighted by Crippen LogP contribution is -2.30. The summed E-state index contributed by atoms with van der Waals surface area (Å²) in [5.41, 5.74) is 6.55. The number of hydrogen-bond donors (Lipinski definition) is 0. The molecule has 4 heteroatoms. The first kappa shape index (κ1) is 15.9. The van der Waals surface area contributed by atoms with Gasteiger partial charge in [-0.15, -0.1) is 0 Å². The fraction of sp³-hybridized carbons (Fsp3) is 0.333. The molecule has 0 saturated heterocycles. The topological polar surface area (TPSA) is 34.8 Å². The summed E-state index contributed by atoms with van der Waals surface area (Å²) >= 11 is 0. The van der Waals surface area contributed by atoms with E-state index in [1.807, 2.05) is 0 Å². The van der Waals surface area contributed by atoms with Gasteiger partial charge in [-0.25, -0.2) is 14.1 Å². The summed E-state index contributed by atoms with van der Waals surface area (Å²) in [7, 11) is 4.22. The van der Waals surface area contributed by atoms with Gasteiger partial charge in [0.05, 0.1) is 14.1 Å². The fourth-order valence-electron chi connectivity index (χ4n) is 3.67. The number of aryl methyl sites for hydroxylation is 3. The molecule has 0 unspecified atom stereocenters. The van der Waals surface area contributed by atoms with E-state index in [9.17, 15) is 0 Å². The van der Waals surface area contributed by atoms with Gasteiger partial charge >= 0.3 is 0 Å². The van der Waals surface area contributed by atoms with Crippen LogP contribution in [-0.2, 0) is 20.5 Å². The van der Waals surface area contributed by atoms with Gasteiger partial charge in [0.1, 0.15) is 11.1 Å². The third-order valence-corrected chi connectivity index (χ3v) is 4.86. The van der Waals surface area contributed by atoms with Crippen molar-refractivity contribution in [1.82, 2.24) is 9.55 Å². The zero-order chi connectivity index (χ0) is 17.7. The van der Waals surface area contributed by atoms with Gasteiger partial charge < -0.3 is 4.42 Å². The number of benzene rings is 2. The summed E-state index contributed by atoms with van der Waals surface area (Å²) < 4.78 is 10.7. The van der Waals surface area contributed by atoms with E-state index >= 15 is 0 Å². The van der Waals surface area contributed by atoms with Gasteiger partial charge in [0.15, 0.2) is 22.5 Å². The predicted octanol–water partition coefficient (Wildman–Crippen LogP) is 4.32. The van der Waals surface area contributed by atoms with Crippen LogP contribution in [0.4, 0.5) is 0 Å². The molecule has 2 aromatic carbocycles. The van der Waals surface area contributed by atoms with Gasteiger partial charge in [-0.1, -0.05) is 32.0 Å². The second kappa shape index (κ2) is 5.73. The van der Waals surface area contributed by atoms with Crippen molar-refractivity contribution >= 4 is 22.1 Å². The quantitative estimate of drug-likeness (QED) is 0.523. The molecule has 4 rings (SSSR count). The molecule has 2 heterocycles. The Morgan fingerprint density at radius 3 is 2.64 bits per heavy atom. The van der Waals surface area contributed by atoms with E-state index in [4.69, 9.17) is 9.40 Å². The van der Waals surface area contributed by atoms with Crippen LogP contribution in [0.15, 0.2) is 40.8 Å². The highest BCUT2D eigenvalue weighted by Crippen LogP contribution is 2.33.